The molecule has 26 heavy (non-hydrogen) atoms. The van der Waals surface area contributed by atoms with Gasteiger partial charge in [0.2, 0.25) is 0 Å². The van der Waals surface area contributed by atoms with Crippen LogP contribution in [0.3, 0.4) is 0 Å². The van der Waals surface area contributed by atoms with E-state index >= 15 is 0 Å². The summed E-state index contributed by atoms with van der Waals surface area (Å²) < 4.78 is 66.7. The summed E-state index contributed by atoms with van der Waals surface area (Å²) in [4.78, 5) is 11.9. The van der Waals surface area contributed by atoms with Crippen molar-refractivity contribution in [1.29, 1.82) is 0 Å². The molecular formula is C17H16F5N3O. The number of hydrogen-bond donors (Lipinski definition) is 1. The van der Waals surface area contributed by atoms with Crippen molar-refractivity contribution in [2.24, 2.45) is 0 Å². The van der Waals surface area contributed by atoms with Gasteiger partial charge in [0.05, 0.1) is 6.54 Å². The van der Waals surface area contributed by atoms with E-state index in [2.05, 4.69) is 10.4 Å². The van der Waals surface area contributed by atoms with Gasteiger partial charge in [-0.2, -0.15) is 18.3 Å². The molecule has 0 unspecified atom stereocenters. The minimum absolute atomic E-state index is 0.0171. The van der Waals surface area contributed by atoms with Gasteiger partial charge in [0.1, 0.15) is 0 Å². The molecule has 2 aromatic rings. The molecular weight excluding hydrogens is 357 g/mol. The molecule has 140 valence electrons. The first-order valence-corrected chi connectivity index (χ1v) is 8.16. The first-order valence-electron chi connectivity index (χ1n) is 8.16. The van der Waals surface area contributed by atoms with Crippen LogP contribution in [0.2, 0.25) is 0 Å². The van der Waals surface area contributed by atoms with E-state index in [1.165, 1.54) is 4.68 Å². The highest BCUT2D eigenvalue weighted by molar-refractivity contribution is 5.94. The summed E-state index contributed by atoms with van der Waals surface area (Å²) in [6.07, 6.45) is -2.19. The zero-order valence-electron chi connectivity index (χ0n) is 13.7. The fourth-order valence-electron chi connectivity index (χ4n) is 3.10. The fraction of sp³-hybridized carbons (Fsp3) is 0.412. The molecule has 0 aliphatic heterocycles. The van der Waals surface area contributed by atoms with Gasteiger partial charge in [0.25, 0.3) is 5.91 Å². The number of aromatic nitrogens is 2. The number of benzene rings is 1. The van der Waals surface area contributed by atoms with Crippen LogP contribution < -0.4 is 5.32 Å². The van der Waals surface area contributed by atoms with Gasteiger partial charge in [-0.1, -0.05) is 0 Å². The summed E-state index contributed by atoms with van der Waals surface area (Å²) in [6, 6.07) is 2.73. The maximum absolute atomic E-state index is 13.2. The third-order valence-corrected chi connectivity index (χ3v) is 4.32. The van der Waals surface area contributed by atoms with Gasteiger partial charge in [-0.3, -0.25) is 9.48 Å². The Morgan fingerprint density at radius 3 is 2.58 bits per heavy atom. The minimum Gasteiger partial charge on any atom is -0.350 e. The van der Waals surface area contributed by atoms with E-state index in [4.69, 9.17) is 0 Å². The molecule has 1 aliphatic rings. The highest BCUT2D eigenvalue weighted by Gasteiger charge is 2.39. The van der Waals surface area contributed by atoms with Gasteiger partial charge >= 0.3 is 6.18 Å². The molecule has 3 rings (SSSR count). The van der Waals surface area contributed by atoms with Crippen molar-refractivity contribution in [2.75, 3.05) is 6.54 Å². The van der Waals surface area contributed by atoms with Crippen LogP contribution in [0.5, 0.6) is 0 Å². The van der Waals surface area contributed by atoms with Crippen molar-refractivity contribution in [2.45, 2.75) is 38.4 Å². The van der Waals surface area contributed by atoms with E-state index in [9.17, 15) is 26.7 Å². The normalized spacial score (nSPS) is 14.2. The lowest BCUT2D eigenvalue weighted by atomic mass is 9.95. The van der Waals surface area contributed by atoms with Crippen molar-refractivity contribution in [3.8, 4) is 0 Å². The van der Waals surface area contributed by atoms with Gasteiger partial charge in [0, 0.05) is 23.4 Å². The summed E-state index contributed by atoms with van der Waals surface area (Å²) in [5.41, 5.74) is -0.150. The number of alkyl halides is 3. The predicted octanol–water partition coefficient (Wildman–Crippen LogP) is 3.49. The van der Waals surface area contributed by atoms with Crippen LogP contribution in [0.25, 0.3) is 0 Å². The molecule has 9 heteroatoms. The number of halogens is 5. The lowest BCUT2D eigenvalue weighted by Crippen LogP contribution is -2.28. The van der Waals surface area contributed by atoms with E-state index in [0.717, 1.165) is 24.6 Å². The molecule has 1 aromatic heterocycles. The Morgan fingerprint density at radius 2 is 1.88 bits per heavy atom. The Morgan fingerprint density at radius 1 is 1.15 bits per heavy atom. The molecule has 0 radical (unpaired) electrons. The molecule has 0 saturated heterocycles. The first-order chi connectivity index (χ1) is 12.3. The fourth-order valence-corrected chi connectivity index (χ4v) is 3.10. The first kappa shape index (κ1) is 18.3. The number of carbonyl (C=O) groups is 1. The van der Waals surface area contributed by atoms with E-state index in [1.807, 2.05) is 0 Å². The minimum atomic E-state index is -4.51. The van der Waals surface area contributed by atoms with Crippen molar-refractivity contribution < 1.29 is 26.7 Å². The molecule has 0 saturated carbocycles. The van der Waals surface area contributed by atoms with E-state index < -0.39 is 29.4 Å². The van der Waals surface area contributed by atoms with E-state index in [0.29, 0.717) is 25.0 Å². The maximum Gasteiger partial charge on any atom is 0.435 e. The quantitative estimate of drug-likeness (QED) is 0.834. The smallest absolute Gasteiger partial charge is 0.350 e. The van der Waals surface area contributed by atoms with Crippen LogP contribution in [0.15, 0.2) is 18.2 Å². The standard InChI is InChI=1S/C17H16F5N3O/c18-12-6-5-10(9-13(12)19)16(26)23-7-8-25-14-4-2-1-3-11(14)15(24-25)17(20,21)22/h5-6,9H,1-4,7-8H2,(H,23,26). The number of carbonyl (C=O) groups excluding carboxylic acids is 1. The number of amides is 1. The second kappa shape index (κ2) is 7.05. The number of nitrogens with one attached hydrogen (secondary N) is 1. The zero-order chi connectivity index (χ0) is 18.9. The summed E-state index contributed by atoms with van der Waals surface area (Å²) >= 11 is 0. The van der Waals surface area contributed by atoms with E-state index in [1.54, 1.807) is 0 Å². The summed E-state index contributed by atoms with van der Waals surface area (Å²) in [5.74, 6) is -2.85. The zero-order valence-corrected chi connectivity index (χ0v) is 13.7. The van der Waals surface area contributed by atoms with Crippen LogP contribution in [0, 0.1) is 11.6 Å². The van der Waals surface area contributed by atoms with Crippen molar-refractivity contribution in [3.05, 3.63) is 52.3 Å². The molecule has 1 N–H and O–H groups in total. The number of nitrogens with zero attached hydrogens (tertiary/aromatic N) is 2. The number of rotatable bonds is 4. The second-order valence-corrected chi connectivity index (χ2v) is 6.09. The number of hydrogen-bond acceptors (Lipinski definition) is 2. The molecule has 1 amide bonds. The highest BCUT2D eigenvalue weighted by Crippen LogP contribution is 2.35. The van der Waals surface area contributed by atoms with E-state index in [-0.39, 0.29) is 24.2 Å². The Bertz CT molecular complexity index is 829. The largest absolute Gasteiger partial charge is 0.435 e. The molecule has 0 atom stereocenters. The summed E-state index contributed by atoms with van der Waals surface area (Å²) in [7, 11) is 0. The van der Waals surface area contributed by atoms with Crippen LogP contribution in [-0.2, 0) is 25.6 Å². The molecule has 0 fully saturated rings. The van der Waals surface area contributed by atoms with Crippen LogP contribution in [-0.4, -0.2) is 22.2 Å². The SMILES string of the molecule is O=C(NCCn1nc(C(F)(F)F)c2c1CCCC2)c1ccc(F)c(F)c1. The molecule has 4 nitrogen and oxygen atoms in total. The van der Waals surface area contributed by atoms with Crippen molar-refractivity contribution >= 4 is 5.91 Å². The van der Waals surface area contributed by atoms with Gasteiger partial charge in [-0.15, -0.1) is 0 Å². The Labute approximate surface area is 146 Å². The van der Waals surface area contributed by atoms with Gasteiger partial charge in [-0.25, -0.2) is 8.78 Å². The van der Waals surface area contributed by atoms with Crippen LogP contribution >= 0.6 is 0 Å². The average molecular weight is 373 g/mol. The second-order valence-electron chi connectivity index (χ2n) is 6.09. The third kappa shape index (κ3) is 3.71. The lowest BCUT2D eigenvalue weighted by molar-refractivity contribution is -0.142. The maximum atomic E-state index is 13.2. The average Bonchev–Trinajstić information content (AvgIpc) is 2.96. The predicted molar refractivity (Wildman–Crippen MR) is 82.6 cm³/mol. The molecule has 1 aromatic carbocycles. The molecule has 1 heterocycles. The lowest BCUT2D eigenvalue weighted by Gasteiger charge is -2.15. The molecule has 1 aliphatic carbocycles. The molecule has 0 spiro atoms. The van der Waals surface area contributed by atoms with Crippen LogP contribution in [0.1, 0.15) is 40.2 Å². The van der Waals surface area contributed by atoms with Crippen LogP contribution in [0.4, 0.5) is 22.0 Å². The summed E-state index contributed by atoms with van der Waals surface area (Å²) in [5, 5.41) is 6.17. The monoisotopic (exact) mass is 373 g/mol. The number of fused-ring (bicyclic) bond motifs is 1. The van der Waals surface area contributed by atoms with Gasteiger partial charge < -0.3 is 5.32 Å². The third-order valence-electron chi connectivity index (χ3n) is 4.32. The highest BCUT2D eigenvalue weighted by atomic mass is 19.4. The Hall–Kier alpha value is -2.45. The Balaban J connectivity index is 1.69. The van der Waals surface area contributed by atoms with Gasteiger partial charge in [-0.05, 0) is 43.9 Å². The summed E-state index contributed by atoms with van der Waals surface area (Å²) in [6.45, 7) is 0.0804. The van der Waals surface area contributed by atoms with Crippen molar-refractivity contribution in [3.63, 3.8) is 0 Å². The Kier molecular flexibility index (Phi) is 4.97. The van der Waals surface area contributed by atoms with Crippen molar-refractivity contribution in [1.82, 2.24) is 15.1 Å². The van der Waals surface area contributed by atoms with Gasteiger partial charge in [0.15, 0.2) is 17.3 Å². The topological polar surface area (TPSA) is 46.9 Å². The molecule has 0 bridgehead atoms.